The van der Waals surface area contributed by atoms with Crippen molar-refractivity contribution in [2.24, 2.45) is 5.92 Å². The fraction of sp³-hybridized carbons (Fsp3) is 0.786. The first-order chi connectivity index (χ1) is 8.53. The summed E-state index contributed by atoms with van der Waals surface area (Å²) >= 11 is 1.80. The van der Waals surface area contributed by atoms with E-state index >= 15 is 0 Å². The van der Waals surface area contributed by atoms with Crippen LogP contribution in [0.3, 0.4) is 0 Å². The minimum atomic E-state index is 0.234. The van der Waals surface area contributed by atoms with Gasteiger partial charge in [0, 0.05) is 35.7 Å². The van der Waals surface area contributed by atoms with Crippen molar-refractivity contribution >= 4 is 11.3 Å². The second-order valence-corrected chi connectivity index (χ2v) is 7.40. The number of thiazole rings is 1. The van der Waals surface area contributed by atoms with E-state index in [1.807, 2.05) is 0 Å². The van der Waals surface area contributed by atoms with Gasteiger partial charge in [-0.3, -0.25) is 4.90 Å². The standard InChI is InChI=1S/C14H23N3S/c1-10-8-18-13(16-10)7-17-9-14(2,3)15-6-12(17)11-4-5-11/h8,11-12,15H,4-7,9H2,1-3H3. The summed E-state index contributed by atoms with van der Waals surface area (Å²) in [5, 5.41) is 7.13. The maximum Gasteiger partial charge on any atom is 0.107 e. The van der Waals surface area contributed by atoms with Crippen molar-refractivity contribution in [2.45, 2.75) is 51.7 Å². The molecule has 1 aromatic heterocycles. The number of hydrogen-bond acceptors (Lipinski definition) is 4. The van der Waals surface area contributed by atoms with Crippen LogP contribution in [0.25, 0.3) is 0 Å². The van der Waals surface area contributed by atoms with E-state index in [9.17, 15) is 0 Å². The van der Waals surface area contributed by atoms with Gasteiger partial charge in [0.1, 0.15) is 5.01 Å². The molecule has 2 heterocycles. The van der Waals surface area contributed by atoms with Crippen molar-refractivity contribution in [3.63, 3.8) is 0 Å². The van der Waals surface area contributed by atoms with Gasteiger partial charge in [0.05, 0.1) is 6.54 Å². The van der Waals surface area contributed by atoms with Crippen molar-refractivity contribution < 1.29 is 0 Å². The molecular formula is C14H23N3S. The quantitative estimate of drug-likeness (QED) is 0.909. The van der Waals surface area contributed by atoms with Gasteiger partial charge < -0.3 is 5.32 Å². The van der Waals surface area contributed by atoms with E-state index in [4.69, 9.17) is 0 Å². The molecular weight excluding hydrogens is 242 g/mol. The summed E-state index contributed by atoms with van der Waals surface area (Å²) in [5.74, 6) is 0.926. The van der Waals surface area contributed by atoms with E-state index < -0.39 is 0 Å². The number of nitrogens with zero attached hydrogens (tertiary/aromatic N) is 2. The molecule has 0 bridgehead atoms. The third-order valence-electron chi connectivity index (χ3n) is 4.03. The average molecular weight is 265 g/mol. The van der Waals surface area contributed by atoms with Crippen LogP contribution in [0.2, 0.25) is 0 Å². The predicted octanol–water partition coefficient (Wildman–Crippen LogP) is 2.41. The normalized spacial score (nSPS) is 28.5. The molecule has 1 saturated heterocycles. The number of nitrogens with one attached hydrogen (secondary N) is 1. The van der Waals surface area contributed by atoms with E-state index in [0.717, 1.165) is 37.3 Å². The SMILES string of the molecule is Cc1csc(CN2CC(C)(C)NCC2C2CC2)n1. The van der Waals surface area contributed by atoms with Crippen molar-refractivity contribution in [1.29, 1.82) is 0 Å². The smallest absolute Gasteiger partial charge is 0.107 e. The molecule has 0 spiro atoms. The Bertz CT molecular complexity index is 422. The van der Waals surface area contributed by atoms with Crippen LogP contribution in [0.4, 0.5) is 0 Å². The molecule has 1 unspecified atom stereocenters. The molecule has 100 valence electrons. The first-order valence-corrected chi connectivity index (χ1v) is 7.81. The molecule has 18 heavy (non-hydrogen) atoms. The van der Waals surface area contributed by atoms with Crippen LogP contribution in [0, 0.1) is 12.8 Å². The lowest BCUT2D eigenvalue weighted by atomic mass is 9.96. The van der Waals surface area contributed by atoms with Crippen LogP contribution >= 0.6 is 11.3 Å². The van der Waals surface area contributed by atoms with E-state index in [1.165, 1.54) is 17.8 Å². The summed E-state index contributed by atoms with van der Waals surface area (Å²) in [6.45, 7) is 9.99. The van der Waals surface area contributed by atoms with Crippen LogP contribution in [0.1, 0.15) is 37.4 Å². The lowest BCUT2D eigenvalue weighted by molar-refractivity contribution is 0.0758. The summed E-state index contributed by atoms with van der Waals surface area (Å²) < 4.78 is 0. The molecule has 2 fully saturated rings. The molecule has 1 atom stereocenters. The molecule has 1 aromatic rings. The third-order valence-corrected chi connectivity index (χ3v) is 4.98. The summed E-state index contributed by atoms with van der Waals surface area (Å²) in [6.07, 6.45) is 2.83. The highest BCUT2D eigenvalue weighted by Crippen LogP contribution is 2.37. The maximum atomic E-state index is 4.62. The Morgan fingerprint density at radius 1 is 1.50 bits per heavy atom. The number of hydrogen-bond donors (Lipinski definition) is 1. The summed E-state index contributed by atoms with van der Waals surface area (Å²) in [7, 11) is 0. The number of aromatic nitrogens is 1. The molecule has 1 N–H and O–H groups in total. The summed E-state index contributed by atoms with van der Waals surface area (Å²) in [6, 6.07) is 0.724. The van der Waals surface area contributed by atoms with Gasteiger partial charge in [0.15, 0.2) is 0 Å². The Morgan fingerprint density at radius 2 is 2.28 bits per heavy atom. The van der Waals surface area contributed by atoms with Crippen molar-refractivity contribution in [3.8, 4) is 0 Å². The van der Waals surface area contributed by atoms with Crippen LogP contribution < -0.4 is 5.32 Å². The van der Waals surface area contributed by atoms with E-state index in [2.05, 4.69) is 41.4 Å². The predicted molar refractivity (Wildman–Crippen MR) is 75.9 cm³/mol. The second kappa shape index (κ2) is 4.58. The van der Waals surface area contributed by atoms with Crippen LogP contribution in [0.15, 0.2) is 5.38 Å². The maximum absolute atomic E-state index is 4.62. The fourth-order valence-electron chi connectivity index (χ4n) is 2.96. The fourth-order valence-corrected chi connectivity index (χ4v) is 3.76. The second-order valence-electron chi connectivity index (χ2n) is 6.46. The zero-order valence-electron chi connectivity index (χ0n) is 11.6. The molecule has 1 aliphatic heterocycles. The van der Waals surface area contributed by atoms with Gasteiger partial charge in [-0.05, 0) is 39.5 Å². The lowest BCUT2D eigenvalue weighted by Gasteiger charge is -2.44. The van der Waals surface area contributed by atoms with Crippen LogP contribution in [-0.2, 0) is 6.54 Å². The Kier molecular flexibility index (Phi) is 3.20. The van der Waals surface area contributed by atoms with E-state index in [-0.39, 0.29) is 5.54 Å². The molecule has 0 aromatic carbocycles. The first kappa shape index (κ1) is 12.6. The van der Waals surface area contributed by atoms with Gasteiger partial charge in [-0.1, -0.05) is 0 Å². The third kappa shape index (κ3) is 2.76. The molecule has 3 rings (SSSR count). The Morgan fingerprint density at radius 3 is 2.89 bits per heavy atom. The highest BCUT2D eigenvalue weighted by molar-refractivity contribution is 7.09. The molecule has 3 nitrogen and oxygen atoms in total. The molecule has 4 heteroatoms. The van der Waals surface area contributed by atoms with Crippen molar-refractivity contribution in [1.82, 2.24) is 15.2 Å². The molecule has 0 amide bonds. The number of piperazine rings is 1. The number of rotatable bonds is 3. The van der Waals surface area contributed by atoms with E-state index in [1.54, 1.807) is 11.3 Å². The topological polar surface area (TPSA) is 28.2 Å². The monoisotopic (exact) mass is 265 g/mol. The molecule has 0 radical (unpaired) electrons. The Balaban J connectivity index is 1.72. The van der Waals surface area contributed by atoms with E-state index in [0.29, 0.717) is 0 Å². The van der Waals surface area contributed by atoms with Gasteiger partial charge in [0.25, 0.3) is 0 Å². The molecule has 1 saturated carbocycles. The highest BCUT2D eigenvalue weighted by Gasteiger charge is 2.40. The Hall–Kier alpha value is -0.450. The average Bonchev–Trinajstić information content (AvgIpc) is 3.02. The first-order valence-electron chi connectivity index (χ1n) is 6.94. The van der Waals surface area contributed by atoms with Gasteiger partial charge in [-0.2, -0.15) is 0 Å². The molecule has 1 aliphatic carbocycles. The summed E-state index contributed by atoms with van der Waals surface area (Å²) in [5.41, 5.74) is 1.39. The lowest BCUT2D eigenvalue weighted by Crippen LogP contribution is -2.61. The summed E-state index contributed by atoms with van der Waals surface area (Å²) in [4.78, 5) is 7.28. The van der Waals surface area contributed by atoms with Gasteiger partial charge in [-0.15, -0.1) is 11.3 Å². The highest BCUT2D eigenvalue weighted by atomic mass is 32.1. The number of aryl methyl sites for hydroxylation is 1. The van der Waals surface area contributed by atoms with Crippen LogP contribution in [0.5, 0.6) is 0 Å². The van der Waals surface area contributed by atoms with Crippen LogP contribution in [-0.4, -0.2) is 34.6 Å². The van der Waals surface area contributed by atoms with Crippen molar-refractivity contribution in [3.05, 3.63) is 16.1 Å². The minimum absolute atomic E-state index is 0.234. The largest absolute Gasteiger partial charge is 0.309 e. The zero-order valence-corrected chi connectivity index (χ0v) is 12.4. The zero-order chi connectivity index (χ0) is 12.8. The van der Waals surface area contributed by atoms with Gasteiger partial charge in [0.2, 0.25) is 0 Å². The van der Waals surface area contributed by atoms with Crippen molar-refractivity contribution in [2.75, 3.05) is 13.1 Å². The minimum Gasteiger partial charge on any atom is -0.309 e. The van der Waals surface area contributed by atoms with Gasteiger partial charge >= 0.3 is 0 Å². The van der Waals surface area contributed by atoms with Gasteiger partial charge in [-0.25, -0.2) is 4.98 Å². The Labute approximate surface area is 114 Å². The molecule has 2 aliphatic rings.